The van der Waals surface area contributed by atoms with Crippen molar-refractivity contribution < 1.29 is 17.9 Å². The molecule has 0 bridgehead atoms. The first-order valence-corrected chi connectivity index (χ1v) is 7.27. The van der Waals surface area contributed by atoms with Crippen LogP contribution in [0.15, 0.2) is 24.3 Å². The van der Waals surface area contributed by atoms with Crippen LogP contribution in [0.4, 0.5) is 13.2 Å². The molecule has 1 rings (SSSR count). The van der Waals surface area contributed by atoms with E-state index in [4.69, 9.17) is 23.2 Å². The van der Waals surface area contributed by atoms with E-state index in [1.54, 1.807) is 0 Å². The van der Waals surface area contributed by atoms with E-state index in [-0.39, 0.29) is 12.5 Å². The molecule has 0 N–H and O–H groups in total. The maximum Gasteiger partial charge on any atom is 0.411 e. The first-order chi connectivity index (χ1) is 9.42. The normalized spacial score (nSPS) is 13.4. The fourth-order valence-corrected chi connectivity index (χ4v) is 2.35. The third-order valence-electron chi connectivity index (χ3n) is 2.85. The van der Waals surface area contributed by atoms with Gasteiger partial charge in [0.25, 0.3) is 0 Å². The van der Waals surface area contributed by atoms with Gasteiger partial charge in [-0.15, -0.1) is 11.6 Å². The van der Waals surface area contributed by atoms with E-state index < -0.39 is 12.8 Å². The Morgan fingerprint density at radius 1 is 1.20 bits per heavy atom. The highest BCUT2D eigenvalue weighted by Crippen LogP contribution is 2.22. The van der Waals surface area contributed by atoms with Gasteiger partial charge in [-0.05, 0) is 36.8 Å². The van der Waals surface area contributed by atoms with Crippen LogP contribution in [-0.2, 0) is 11.2 Å². The molecule has 0 saturated carbocycles. The number of hydrogen-bond acceptors (Lipinski definition) is 1. The number of halogens is 5. The molecule has 0 heterocycles. The van der Waals surface area contributed by atoms with Crippen molar-refractivity contribution >= 4 is 23.2 Å². The molecule has 0 aliphatic heterocycles. The molecule has 1 unspecified atom stereocenters. The van der Waals surface area contributed by atoms with Crippen molar-refractivity contribution in [3.8, 4) is 0 Å². The Bertz CT molecular complexity index is 396. The van der Waals surface area contributed by atoms with Crippen LogP contribution in [0.3, 0.4) is 0 Å². The molecular formula is C14H17Cl2F3O. The van der Waals surface area contributed by atoms with Crippen molar-refractivity contribution in [3.05, 3.63) is 34.9 Å². The van der Waals surface area contributed by atoms with Gasteiger partial charge in [-0.3, -0.25) is 0 Å². The van der Waals surface area contributed by atoms with Crippen LogP contribution in [0, 0.1) is 5.92 Å². The Morgan fingerprint density at radius 2 is 1.90 bits per heavy atom. The van der Waals surface area contributed by atoms with Crippen molar-refractivity contribution in [2.45, 2.75) is 25.4 Å². The summed E-state index contributed by atoms with van der Waals surface area (Å²) in [4.78, 5) is 0. The third-order valence-corrected chi connectivity index (χ3v) is 3.66. The van der Waals surface area contributed by atoms with Crippen LogP contribution >= 0.6 is 23.2 Å². The van der Waals surface area contributed by atoms with E-state index in [1.807, 2.05) is 24.3 Å². The first-order valence-electron chi connectivity index (χ1n) is 6.36. The van der Waals surface area contributed by atoms with Crippen LogP contribution in [0.25, 0.3) is 0 Å². The van der Waals surface area contributed by atoms with Crippen molar-refractivity contribution in [2.75, 3.05) is 19.1 Å². The highest BCUT2D eigenvalue weighted by Gasteiger charge is 2.27. The van der Waals surface area contributed by atoms with Gasteiger partial charge in [-0.2, -0.15) is 13.2 Å². The highest BCUT2D eigenvalue weighted by atomic mass is 35.5. The second kappa shape index (κ2) is 8.75. The molecule has 0 fully saturated rings. The maximum absolute atomic E-state index is 11.9. The Kier molecular flexibility index (Phi) is 7.70. The number of benzene rings is 1. The number of hydrogen-bond donors (Lipinski definition) is 0. The molecule has 114 valence electrons. The van der Waals surface area contributed by atoms with E-state index in [0.717, 1.165) is 12.0 Å². The average Bonchev–Trinajstić information content (AvgIpc) is 2.38. The molecule has 0 amide bonds. The molecule has 1 atom stereocenters. The standard InChI is InChI=1S/C14H17Cl2F3O/c15-9-11(4-3-7-20-10-14(17,18)19)8-12-5-1-2-6-13(12)16/h1-2,5-6,11H,3-4,7-10H2. The second-order valence-electron chi connectivity index (χ2n) is 4.63. The molecule has 0 aliphatic carbocycles. The SMILES string of the molecule is FC(F)(F)COCCCC(CCl)Cc1ccccc1Cl. The highest BCUT2D eigenvalue weighted by molar-refractivity contribution is 6.31. The number of rotatable bonds is 8. The van der Waals surface area contributed by atoms with Crippen LogP contribution in [0.2, 0.25) is 5.02 Å². The van der Waals surface area contributed by atoms with E-state index in [1.165, 1.54) is 0 Å². The molecule has 0 radical (unpaired) electrons. The minimum atomic E-state index is -4.26. The minimum Gasteiger partial charge on any atom is -0.372 e. The van der Waals surface area contributed by atoms with E-state index in [9.17, 15) is 13.2 Å². The zero-order valence-corrected chi connectivity index (χ0v) is 12.4. The third kappa shape index (κ3) is 7.36. The molecule has 20 heavy (non-hydrogen) atoms. The molecule has 0 spiro atoms. The van der Waals surface area contributed by atoms with Crippen LogP contribution < -0.4 is 0 Å². The predicted octanol–water partition coefficient (Wildman–Crippen LogP) is 5.10. The Morgan fingerprint density at radius 3 is 2.50 bits per heavy atom. The summed E-state index contributed by atoms with van der Waals surface area (Å²) in [5.74, 6) is 0.635. The number of ether oxygens (including phenoxy) is 1. The average molecular weight is 329 g/mol. The van der Waals surface area contributed by atoms with Crippen LogP contribution in [0.5, 0.6) is 0 Å². The summed E-state index contributed by atoms with van der Waals surface area (Å²) in [6.45, 7) is -1.10. The molecule has 0 aromatic heterocycles. The molecule has 0 saturated heterocycles. The summed E-state index contributed by atoms with van der Waals surface area (Å²) in [7, 11) is 0. The topological polar surface area (TPSA) is 9.23 Å². The van der Waals surface area contributed by atoms with Gasteiger partial charge >= 0.3 is 6.18 Å². The van der Waals surface area contributed by atoms with Crippen LogP contribution in [0.1, 0.15) is 18.4 Å². The van der Waals surface area contributed by atoms with Gasteiger partial charge in [0.2, 0.25) is 0 Å². The lowest BCUT2D eigenvalue weighted by atomic mass is 9.96. The monoisotopic (exact) mass is 328 g/mol. The quantitative estimate of drug-likeness (QED) is 0.476. The van der Waals surface area contributed by atoms with Gasteiger partial charge in [0.05, 0.1) is 0 Å². The van der Waals surface area contributed by atoms with E-state index in [0.29, 0.717) is 23.7 Å². The van der Waals surface area contributed by atoms with Crippen molar-refractivity contribution in [2.24, 2.45) is 5.92 Å². The fraction of sp³-hybridized carbons (Fsp3) is 0.571. The van der Waals surface area contributed by atoms with Gasteiger partial charge < -0.3 is 4.74 Å². The summed E-state index contributed by atoms with van der Waals surface area (Å²) in [6, 6.07) is 7.50. The zero-order chi connectivity index (χ0) is 15.0. The Labute approximate surface area is 127 Å². The van der Waals surface area contributed by atoms with Gasteiger partial charge in [0.15, 0.2) is 0 Å². The van der Waals surface area contributed by atoms with Gasteiger partial charge in [0, 0.05) is 17.5 Å². The predicted molar refractivity (Wildman–Crippen MR) is 75.5 cm³/mol. The number of alkyl halides is 4. The Hall–Kier alpha value is -0.450. The maximum atomic E-state index is 11.9. The largest absolute Gasteiger partial charge is 0.411 e. The summed E-state index contributed by atoms with van der Waals surface area (Å²) < 4.78 is 40.2. The molecular weight excluding hydrogens is 312 g/mol. The van der Waals surface area contributed by atoms with Gasteiger partial charge in [-0.25, -0.2) is 0 Å². The lowest BCUT2D eigenvalue weighted by Gasteiger charge is -2.15. The summed E-state index contributed by atoms with van der Waals surface area (Å²) in [5.41, 5.74) is 1.01. The lowest BCUT2D eigenvalue weighted by Crippen LogP contribution is -2.18. The molecule has 1 nitrogen and oxygen atoms in total. The van der Waals surface area contributed by atoms with Crippen LogP contribution in [-0.4, -0.2) is 25.3 Å². The molecule has 1 aromatic rings. The fourth-order valence-electron chi connectivity index (χ4n) is 1.87. The second-order valence-corrected chi connectivity index (χ2v) is 5.34. The summed E-state index contributed by atoms with van der Waals surface area (Å²) in [6.07, 6.45) is -2.27. The molecule has 6 heteroatoms. The Balaban J connectivity index is 2.28. The summed E-state index contributed by atoms with van der Waals surface area (Å²) in [5, 5.41) is 0.691. The van der Waals surface area contributed by atoms with Crippen molar-refractivity contribution in [3.63, 3.8) is 0 Å². The summed E-state index contributed by atoms with van der Waals surface area (Å²) >= 11 is 12.0. The van der Waals surface area contributed by atoms with E-state index in [2.05, 4.69) is 4.74 Å². The zero-order valence-electron chi connectivity index (χ0n) is 10.9. The van der Waals surface area contributed by atoms with Crippen molar-refractivity contribution in [1.29, 1.82) is 0 Å². The molecule has 0 aliphatic rings. The minimum absolute atomic E-state index is 0.0927. The van der Waals surface area contributed by atoms with Crippen molar-refractivity contribution in [1.82, 2.24) is 0 Å². The van der Waals surface area contributed by atoms with E-state index >= 15 is 0 Å². The molecule has 1 aromatic carbocycles. The lowest BCUT2D eigenvalue weighted by molar-refractivity contribution is -0.174. The van der Waals surface area contributed by atoms with Gasteiger partial charge in [0.1, 0.15) is 6.61 Å². The van der Waals surface area contributed by atoms with Gasteiger partial charge in [-0.1, -0.05) is 29.8 Å². The smallest absolute Gasteiger partial charge is 0.372 e. The first kappa shape index (κ1) is 17.6.